The minimum absolute atomic E-state index is 0.0427. The summed E-state index contributed by atoms with van der Waals surface area (Å²) < 4.78 is 12.3. The number of pyridine rings is 1. The summed E-state index contributed by atoms with van der Waals surface area (Å²) in [6.45, 7) is 11.0. The second-order valence-corrected chi connectivity index (χ2v) is 13.9. The first-order valence-electron chi connectivity index (χ1n) is 10.4. The molecule has 0 fully saturated rings. The fraction of sp³-hybridized carbons (Fsp3) is 0.231. The van der Waals surface area contributed by atoms with Crippen molar-refractivity contribution in [3.8, 4) is 11.5 Å². The van der Waals surface area contributed by atoms with E-state index in [4.69, 9.17) is 14.1 Å². The van der Waals surface area contributed by atoms with Gasteiger partial charge in [-0.2, -0.15) is 0 Å². The summed E-state index contributed by atoms with van der Waals surface area (Å²) >= 11 is 0. The molecule has 0 aliphatic rings. The first-order valence-corrected chi connectivity index (χ1v) is 13.4. The number of hydrogen-bond donors (Lipinski definition) is 0. The first-order chi connectivity index (χ1) is 14.7. The number of rotatable bonds is 4. The number of carbonyl (C=O) groups is 1. The molecule has 1 heterocycles. The molecule has 3 aromatic carbocycles. The molecule has 4 aromatic rings. The highest BCUT2D eigenvalue weighted by Gasteiger charge is 2.39. The van der Waals surface area contributed by atoms with Crippen molar-refractivity contribution in [2.45, 2.75) is 38.9 Å². The fourth-order valence-electron chi connectivity index (χ4n) is 3.26. The Hall–Kier alpha value is -3.18. The van der Waals surface area contributed by atoms with E-state index in [1.807, 2.05) is 60.7 Å². The molecule has 0 N–H and O–H groups in total. The summed E-state index contributed by atoms with van der Waals surface area (Å²) in [5.41, 5.74) is 1.93. The maximum atomic E-state index is 13.3. The molecule has 0 bridgehead atoms. The number of ether oxygens (including phenoxy) is 1. The smallest absolute Gasteiger partial charge is 0.344 e. The third kappa shape index (κ3) is 4.06. The Morgan fingerprint density at radius 2 is 1.48 bits per heavy atom. The summed E-state index contributed by atoms with van der Waals surface area (Å²) in [6, 6.07) is 22.5. The van der Waals surface area contributed by atoms with Crippen LogP contribution in [0.25, 0.3) is 21.8 Å². The average Bonchev–Trinajstić information content (AvgIpc) is 2.72. The van der Waals surface area contributed by atoms with Gasteiger partial charge in [-0.15, -0.1) is 0 Å². The molecule has 0 aliphatic carbocycles. The lowest BCUT2D eigenvalue weighted by Crippen LogP contribution is -2.43. The van der Waals surface area contributed by atoms with Crippen LogP contribution in [0.4, 0.5) is 0 Å². The molecule has 0 spiro atoms. The van der Waals surface area contributed by atoms with Crippen LogP contribution < -0.4 is 9.16 Å². The quantitative estimate of drug-likeness (QED) is 0.152. The van der Waals surface area contributed by atoms with Gasteiger partial charge in [-0.05, 0) is 42.4 Å². The van der Waals surface area contributed by atoms with Gasteiger partial charge in [0.15, 0.2) is 0 Å². The summed E-state index contributed by atoms with van der Waals surface area (Å²) in [5.74, 6) is 0.818. The third-order valence-corrected chi connectivity index (χ3v) is 10.3. The second kappa shape index (κ2) is 7.82. The lowest BCUT2D eigenvalue weighted by Gasteiger charge is -2.36. The Morgan fingerprint density at radius 1 is 0.839 bits per heavy atom. The van der Waals surface area contributed by atoms with Crippen molar-refractivity contribution in [1.29, 1.82) is 0 Å². The zero-order valence-corrected chi connectivity index (χ0v) is 19.6. The zero-order valence-electron chi connectivity index (χ0n) is 18.6. The highest BCUT2D eigenvalue weighted by Crippen LogP contribution is 2.40. The summed E-state index contributed by atoms with van der Waals surface area (Å²) in [6.07, 6.45) is 0. The van der Waals surface area contributed by atoms with Gasteiger partial charge in [0.05, 0.1) is 11.1 Å². The molecule has 31 heavy (non-hydrogen) atoms. The largest absolute Gasteiger partial charge is 0.542 e. The van der Waals surface area contributed by atoms with Gasteiger partial charge in [0.1, 0.15) is 17.0 Å². The van der Waals surface area contributed by atoms with E-state index in [0.717, 1.165) is 16.3 Å². The zero-order chi connectivity index (χ0) is 22.2. The van der Waals surface area contributed by atoms with Gasteiger partial charge in [-0.1, -0.05) is 69.3 Å². The lowest BCUT2D eigenvalue weighted by atomic mass is 10.0. The molecule has 0 atom stereocenters. The lowest BCUT2D eigenvalue weighted by molar-refractivity contribution is 0.0739. The molecule has 0 amide bonds. The van der Waals surface area contributed by atoms with Crippen molar-refractivity contribution >= 4 is 36.1 Å². The van der Waals surface area contributed by atoms with Crippen LogP contribution in [0.2, 0.25) is 18.1 Å². The van der Waals surface area contributed by atoms with E-state index >= 15 is 0 Å². The molecule has 0 aliphatic heterocycles. The molecule has 0 saturated carbocycles. The van der Waals surface area contributed by atoms with E-state index in [1.54, 1.807) is 12.1 Å². The van der Waals surface area contributed by atoms with Crippen molar-refractivity contribution in [1.82, 2.24) is 4.98 Å². The Morgan fingerprint density at radius 3 is 2.19 bits per heavy atom. The molecule has 1 aromatic heterocycles. The molecule has 0 radical (unpaired) electrons. The number of hydrogen-bond acceptors (Lipinski definition) is 4. The van der Waals surface area contributed by atoms with E-state index in [0.29, 0.717) is 22.6 Å². The number of para-hydroxylation sites is 3. The van der Waals surface area contributed by atoms with Gasteiger partial charge < -0.3 is 9.16 Å². The summed E-state index contributed by atoms with van der Waals surface area (Å²) in [5, 5.41) is 1.54. The number of nitrogens with zero attached hydrogens (tertiary/aromatic N) is 1. The molecule has 4 nitrogen and oxygen atoms in total. The molecule has 4 rings (SSSR count). The average molecular weight is 430 g/mol. The fourth-order valence-corrected chi connectivity index (χ4v) is 4.29. The number of esters is 1. The van der Waals surface area contributed by atoms with Crippen molar-refractivity contribution in [3.63, 3.8) is 0 Å². The Balaban J connectivity index is 1.91. The predicted octanol–water partition coefficient (Wildman–Crippen LogP) is 6.99. The number of aromatic nitrogens is 1. The molecule has 0 unspecified atom stereocenters. The molecule has 0 saturated heterocycles. The van der Waals surface area contributed by atoms with Gasteiger partial charge in [-0.25, -0.2) is 9.78 Å². The Labute approximate surface area is 184 Å². The highest BCUT2D eigenvalue weighted by molar-refractivity contribution is 6.74. The normalized spacial score (nSPS) is 12.2. The van der Waals surface area contributed by atoms with Crippen molar-refractivity contribution in [2.24, 2.45) is 0 Å². The summed E-state index contributed by atoms with van der Waals surface area (Å²) in [7, 11) is -2.09. The molecular weight excluding hydrogens is 402 g/mol. The van der Waals surface area contributed by atoms with Crippen LogP contribution in [-0.2, 0) is 0 Å². The maximum absolute atomic E-state index is 13.3. The van der Waals surface area contributed by atoms with Gasteiger partial charge in [0.2, 0.25) is 0 Å². The van der Waals surface area contributed by atoms with Crippen LogP contribution in [0, 0.1) is 0 Å². The van der Waals surface area contributed by atoms with E-state index < -0.39 is 14.3 Å². The maximum Gasteiger partial charge on any atom is 0.344 e. The van der Waals surface area contributed by atoms with Crippen LogP contribution in [0.3, 0.4) is 0 Å². The van der Waals surface area contributed by atoms with Gasteiger partial charge in [0.25, 0.3) is 8.32 Å². The SMILES string of the molecule is CC(C)(C)[Si](C)(C)Oc1cccc2c(C(=O)Oc3ccccc3)c3ccccc3nc12. The summed E-state index contributed by atoms with van der Waals surface area (Å²) in [4.78, 5) is 18.2. The van der Waals surface area contributed by atoms with Crippen LogP contribution >= 0.6 is 0 Å². The van der Waals surface area contributed by atoms with Crippen molar-refractivity contribution in [3.05, 3.63) is 78.4 Å². The van der Waals surface area contributed by atoms with Crippen LogP contribution in [0.15, 0.2) is 72.8 Å². The van der Waals surface area contributed by atoms with Gasteiger partial charge in [0, 0.05) is 10.8 Å². The van der Waals surface area contributed by atoms with E-state index in [2.05, 4.69) is 33.9 Å². The van der Waals surface area contributed by atoms with E-state index in [9.17, 15) is 4.79 Å². The van der Waals surface area contributed by atoms with Crippen molar-refractivity contribution in [2.75, 3.05) is 0 Å². The number of fused-ring (bicyclic) bond motifs is 2. The predicted molar refractivity (Wildman–Crippen MR) is 128 cm³/mol. The first kappa shape index (κ1) is 21.1. The molecule has 158 valence electrons. The minimum Gasteiger partial charge on any atom is -0.542 e. The van der Waals surface area contributed by atoms with E-state index in [1.165, 1.54) is 0 Å². The monoisotopic (exact) mass is 429 g/mol. The third-order valence-electron chi connectivity index (χ3n) is 6.00. The minimum atomic E-state index is -2.09. The number of benzene rings is 3. The van der Waals surface area contributed by atoms with Crippen LogP contribution in [-0.4, -0.2) is 19.3 Å². The molecular formula is C26H27NO3Si. The van der Waals surface area contributed by atoms with E-state index in [-0.39, 0.29) is 5.04 Å². The highest BCUT2D eigenvalue weighted by atomic mass is 28.4. The number of carbonyl (C=O) groups excluding carboxylic acids is 1. The molecule has 5 heteroatoms. The Kier molecular flexibility index (Phi) is 5.31. The Bertz CT molecular complexity index is 1260. The van der Waals surface area contributed by atoms with Gasteiger partial charge >= 0.3 is 5.97 Å². The topological polar surface area (TPSA) is 48.4 Å². The second-order valence-electron chi connectivity index (χ2n) is 9.22. The van der Waals surface area contributed by atoms with Crippen LogP contribution in [0.5, 0.6) is 11.5 Å². The van der Waals surface area contributed by atoms with Crippen LogP contribution in [0.1, 0.15) is 31.1 Å². The van der Waals surface area contributed by atoms with Crippen molar-refractivity contribution < 1.29 is 14.0 Å². The standard InChI is InChI=1S/C26H27NO3Si/c1-26(2,3)31(4,5)30-22-17-11-15-20-23(25(28)29-18-12-7-6-8-13-18)19-14-9-10-16-21(19)27-24(20)22/h6-17H,1-5H3. The van der Waals surface area contributed by atoms with Gasteiger partial charge in [-0.3, -0.25) is 0 Å².